The lowest BCUT2D eigenvalue weighted by molar-refractivity contribution is -0.114. The molecule has 1 amide bonds. The average Bonchev–Trinajstić information content (AvgIpc) is 2.90. The number of rotatable bonds is 9. The first kappa shape index (κ1) is 28.2. The summed E-state index contributed by atoms with van der Waals surface area (Å²) < 4.78 is 56.0. The molecule has 0 saturated carbocycles. The lowest BCUT2D eigenvalue weighted by Crippen LogP contribution is -2.38. The molecule has 0 saturated heterocycles. The van der Waals surface area contributed by atoms with Crippen molar-refractivity contribution in [1.82, 2.24) is 0 Å². The van der Waals surface area contributed by atoms with Gasteiger partial charge in [-0.25, -0.2) is 16.8 Å². The number of nitrogens with zero attached hydrogens (tertiary/aromatic N) is 1. The fourth-order valence-electron chi connectivity index (χ4n) is 3.74. The molecular weight excluding hydrogens is 558 g/mol. The molecule has 4 aromatic rings. The predicted molar refractivity (Wildman–Crippen MR) is 154 cm³/mol. The van der Waals surface area contributed by atoms with Gasteiger partial charge in [-0.15, -0.1) is 0 Å². The van der Waals surface area contributed by atoms with Crippen LogP contribution >= 0.6 is 11.6 Å². The van der Waals surface area contributed by atoms with Gasteiger partial charge in [0.05, 0.1) is 20.5 Å². The molecule has 0 atom stereocenters. The number of halogens is 1. The first-order valence-electron chi connectivity index (χ1n) is 11.8. The Morgan fingerprint density at radius 1 is 0.744 bits per heavy atom. The largest absolute Gasteiger partial charge is 0.325 e. The van der Waals surface area contributed by atoms with Gasteiger partial charge in [0.25, 0.3) is 20.0 Å². The predicted octanol–water partition coefficient (Wildman–Crippen LogP) is 5.59. The minimum absolute atomic E-state index is 0.00285. The zero-order chi connectivity index (χ0) is 28.2. The van der Waals surface area contributed by atoms with Crippen LogP contribution in [0.25, 0.3) is 0 Å². The molecule has 0 bridgehead atoms. The minimum atomic E-state index is -4.13. The van der Waals surface area contributed by atoms with Crippen LogP contribution in [0.2, 0.25) is 5.02 Å². The van der Waals surface area contributed by atoms with Gasteiger partial charge in [0.15, 0.2) is 0 Å². The van der Waals surface area contributed by atoms with Crippen molar-refractivity contribution in [3.63, 3.8) is 0 Å². The van der Waals surface area contributed by atoms with Crippen molar-refractivity contribution in [2.75, 3.05) is 20.9 Å². The second kappa shape index (κ2) is 11.5. The number of hydrogen-bond acceptors (Lipinski definition) is 5. The highest BCUT2D eigenvalue weighted by Gasteiger charge is 2.28. The Labute approximate surface area is 233 Å². The number of carbonyl (C=O) groups excluding carboxylic acids is 1. The summed E-state index contributed by atoms with van der Waals surface area (Å²) in [6.45, 7) is 3.27. The number of para-hydroxylation sites is 1. The van der Waals surface area contributed by atoms with E-state index in [4.69, 9.17) is 11.6 Å². The van der Waals surface area contributed by atoms with Gasteiger partial charge in [-0.3, -0.25) is 13.8 Å². The van der Waals surface area contributed by atoms with Crippen molar-refractivity contribution in [2.24, 2.45) is 0 Å². The average molecular weight is 584 g/mol. The van der Waals surface area contributed by atoms with Crippen LogP contribution in [0.3, 0.4) is 0 Å². The molecule has 8 nitrogen and oxygen atoms in total. The van der Waals surface area contributed by atoms with Crippen molar-refractivity contribution in [1.29, 1.82) is 0 Å². The van der Waals surface area contributed by atoms with E-state index < -0.39 is 32.5 Å². The molecule has 11 heteroatoms. The van der Waals surface area contributed by atoms with Crippen molar-refractivity contribution in [3.05, 3.63) is 113 Å². The van der Waals surface area contributed by atoms with Crippen LogP contribution in [-0.2, 0) is 24.8 Å². The molecule has 0 heterocycles. The Morgan fingerprint density at radius 3 is 2.00 bits per heavy atom. The molecule has 0 unspecified atom stereocenters. The minimum Gasteiger partial charge on any atom is -0.325 e. The Bertz CT molecular complexity index is 1710. The molecule has 0 spiro atoms. The number of carbonyl (C=O) groups is 1. The summed E-state index contributed by atoms with van der Waals surface area (Å²) in [5.74, 6) is -0.640. The maximum atomic E-state index is 13.4. The van der Waals surface area contributed by atoms with Crippen LogP contribution < -0.4 is 14.3 Å². The molecule has 0 radical (unpaired) electrons. The number of anilines is 3. The zero-order valence-corrected chi connectivity index (χ0v) is 23.5. The smallest absolute Gasteiger partial charge is 0.264 e. The van der Waals surface area contributed by atoms with Gasteiger partial charge in [0.2, 0.25) is 5.91 Å². The van der Waals surface area contributed by atoms with Gasteiger partial charge in [-0.2, -0.15) is 0 Å². The standard InChI is InChI=1S/C28H26ClN3O5S2/c1-20-12-13-23(18-21(20)2)31-38(34,35)24-16-14-22(15-17-24)30-28(33)19-32(27-11-7-6-10-26(27)29)39(36,37)25-8-4-3-5-9-25/h3-18,31H,19H2,1-2H3,(H,30,33). The third kappa shape index (κ3) is 6.59. The SMILES string of the molecule is Cc1ccc(NS(=O)(=O)c2ccc(NC(=O)CN(c3ccccc3Cl)S(=O)(=O)c3ccccc3)cc2)cc1C. The molecule has 0 aliphatic heterocycles. The van der Waals surface area contributed by atoms with Crippen molar-refractivity contribution >= 4 is 54.6 Å². The van der Waals surface area contributed by atoms with E-state index in [1.165, 1.54) is 48.5 Å². The highest BCUT2D eigenvalue weighted by molar-refractivity contribution is 7.93. The first-order valence-corrected chi connectivity index (χ1v) is 15.1. The third-order valence-corrected chi connectivity index (χ3v) is 9.44. The highest BCUT2D eigenvalue weighted by atomic mass is 35.5. The van der Waals surface area contributed by atoms with Crippen LogP contribution in [0.1, 0.15) is 11.1 Å². The molecule has 202 valence electrons. The lowest BCUT2D eigenvalue weighted by atomic mass is 10.1. The van der Waals surface area contributed by atoms with Crippen LogP contribution in [-0.4, -0.2) is 29.3 Å². The van der Waals surface area contributed by atoms with E-state index in [1.807, 2.05) is 19.9 Å². The van der Waals surface area contributed by atoms with Crippen molar-refractivity contribution < 1.29 is 21.6 Å². The number of benzene rings is 4. The van der Waals surface area contributed by atoms with Gasteiger partial charge >= 0.3 is 0 Å². The van der Waals surface area contributed by atoms with Crippen LogP contribution in [0.4, 0.5) is 17.1 Å². The number of aryl methyl sites for hydroxylation is 2. The quantitative estimate of drug-likeness (QED) is 0.267. The van der Waals surface area contributed by atoms with Crippen LogP contribution in [0.5, 0.6) is 0 Å². The summed E-state index contributed by atoms with van der Waals surface area (Å²) >= 11 is 6.29. The van der Waals surface area contributed by atoms with Crippen LogP contribution in [0.15, 0.2) is 107 Å². The Hall–Kier alpha value is -3.86. The van der Waals surface area contributed by atoms with E-state index >= 15 is 0 Å². The van der Waals surface area contributed by atoms with Crippen LogP contribution in [0, 0.1) is 13.8 Å². The second-order valence-electron chi connectivity index (χ2n) is 8.75. The van der Waals surface area contributed by atoms with Gasteiger partial charge in [-0.1, -0.05) is 48.0 Å². The molecule has 4 rings (SSSR count). The summed E-state index contributed by atoms with van der Waals surface area (Å²) in [4.78, 5) is 13.0. The molecule has 39 heavy (non-hydrogen) atoms. The molecule has 0 fully saturated rings. The molecule has 0 aromatic heterocycles. The Kier molecular flexibility index (Phi) is 8.29. The third-order valence-electron chi connectivity index (χ3n) is 5.95. The summed E-state index contributed by atoms with van der Waals surface area (Å²) in [5.41, 5.74) is 2.88. The van der Waals surface area contributed by atoms with E-state index in [-0.39, 0.29) is 20.5 Å². The fourth-order valence-corrected chi connectivity index (χ4v) is 6.54. The van der Waals surface area contributed by atoms with E-state index in [0.29, 0.717) is 11.4 Å². The summed E-state index contributed by atoms with van der Waals surface area (Å²) in [6.07, 6.45) is 0. The Balaban J connectivity index is 1.52. The van der Waals surface area contributed by atoms with Gasteiger partial charge in [-0.05, 0) is 85.6 Å². The molecular formula is C28H26ClN3O5S2. The second-order valence-corrected chi connectivity index (χ2v) is 12.7. The van der Waals surface area contributed by atoms with Gasteiger partial charge in [0, 0.05) is 11.4 Å². The maximum absolute atomic E-state index is 13.4. The first-order chi connectivity index (χ1) is 18.5. The Morgan fingerprint density at radius 2 is 1.36 bits per heavy atom. The van der Waals surface area contributed by atoms with Crippen molar-refractivity contribution in [2.45, 2.75) is 23.6 Å². The van der Waals surface area contributed by atoms with E-state index in [2.05, 4.69) is 10.0 Å². The van der Waals surface area contributed by atoms with E-state index in [9.17, 15) is 21.6 Å². The summed E-state index contributed by atoms with van der Waals surface area (Å²) in [5, 5.41) is 2.79. The molecule has 0 aliphatic carbocycles. The topological polar surface area (TPSA) is 113 Å². The molecule has 4 aromatic carbocycles. The monoisotopic (exact) mass is 583 g/mol. The number of sulfonamides is 2. The number of nitrogens with one attached hydrogen (secondary N) is 2. The summed E-state index contributed by atoms with van der Waals surface area (Å²) in [6, 6.07) is 24.9. The van der Waals surface area contributed by atoms with Gasteiger partial charge in [0.1, 0.15) is 6.54 Å². The number of hydrogen-bond donors (Lipinski definition) is 2. The maximum Gasteiger partial charge on any atom is 0.264 e. The number of amides is 1. The molecule has 0 aliphatic rings. The zero-order valence-electron chi connectivity index (χ0n) is 21.1. The molecule has 2 N–H and O–H groups in total. The lowest BCUT2D eigenvalue weighted by Gasteiger charge is -2.25. The normalized spacial score (nSPS) is 11.6. The fraction of sp³-hybridized carbons (Fsp3) is 0.107. The summed E-state index contributed by atoms with van der Waals surface area (Å²) in [7, 11) is -7.99. The van der Waals surface area contributed by atoms with Gasteiger partial charge < -0.3 is 5.32 Å². The highest BCUT2D eigenvalue weighted by Crippen LogP contribution is 2.30. The van der Waals surface area contributed by atoms with E-state index in [0.717, 1.165) is 15.4 Å². The van der Waals surface area contributed by atoms with E-state index in [1.54, 1.807) is 42.5 Å². The van der Waals surface area contributed by atoms with Crippen molar-refractivity contribution in [3.8, 4) is 0 Å².